The Hall–Kier alpha value is -1.80. The largest absolute Gasteiger partial charge is 0.444 e. The molecule has 0 aromatic carbocycles. The summed E-state index contributed by atoms with van der Waals surface area (Å²) in [6, 6.07) is 1.51. The molecule has 3 unspecified atom stereocenters. The summed E-state index contributed by atoms with van der Waals surface area (Å²) in [6.45, 7) is 1.18. The Morgan fingerprint density at radius 3 is 2.68 bits per heavy atom. The summed E-state index contributed by atoms with van der Waals surface area (Å²) in [5.41, 5.74) is 0.171. The van der Waals surface area contributed by atoms with Crippen molar-refractivity contribution in [2.75, 3.05) is 18.0 Å². The van der Waals surface area contributed by atoms with E-state index < -0.39 is 5.56 Å². The van der Waals surface area contributed by atoms with Crippen LogP contribution in [0, 0.1) is 11.8 Å². The molecule has 1 aromatic heterocycles. The van der Waals surface area contributed by atoms with Crippen molar-refractivity contribution in [2.24, 2.45) is 11.8 Å². The molecule has 8 nitrogen and oxygen atoms in total. The van der Waals surface area contributed by atoms with Gasteiger partial charge in [-0.2, -0.15) is 5.10 Å². The number of halogens is 1. The highest BCUT2D eigenvalue weighted by atomic mass is 35.5. The summed E-state index contributed by atoms with van der Waals surface area (Å²) in [4.78, 5) is 26.0. The lowest BCUT2D eigenvalue weighted by molar-refractivity contribution is 0.102. The molecule has 3 saturated carbocycles. The van der Waals surface area contributed by atoms with E-state index >= 15 is 0 Å². The van der Waals surface area contributed by atoms with E-state index in [1.807, 2.05) is 4.90 Å². The van der Waals surface area contributed by atoms with E-state index in [2.05, 4.69) is 20.8 Å². The number of carbonyl (C=O) groups excluding carboxylic acids is 1. The molecular formula is C22H32ClN5O3. The van der Waals surface area contributed by atoms with Crippen molar-refractivity contribution in [3.05, 3.63) is 21.6 Å². The smallest absolute Gasteiger partial charge is 0.407 e. The summed E-state index contributed by atoms with van der Waals surface area (Å²) in [5.74, 6) is 1.87. The van der Waals surface area contributed by atoms with E-state index in [0.29, 0.717) is 31.2 Å². The third-order valence-corrected chi connectivity index (χ3v) is 8.14. The van der Waals surface area contributed by atoms with Crippen LogP contribution in [0.1, 0.15) is 57.8 Å². The fourth-order valence-electron chi connectivity index (χ4n) is 6.15. The predicted octanol–water partition coefficient (Wildman–Crippen LogP) is 2.82. The fourth-order valence-corrected chi connectivity index (χ4v) is 6.36. The number of carbonyl (C=O) groups is 1. The summed E-state index contributed by atoms with van der Waals surface area (Å²) in [5, 5.41) is 13.2. The van der Waals surface area contributed by atoms with Crippen molar-refractivity contribution >= 4 is 23.4 Å². The topological polar surface area (TPSA) is 99.3 Å². The van der Waals surface area contributed by atoms with E-state index in [9.17, 15) is 9.59 Å². The number of alkyl carbamates (subject to hydrolysis) is 1. The van der Waals surface area contributed by atoms with Crippen LogP contribution in [0.3, 0.4) is 0 Å². The zero-order chi connectivity index (χ0) is 21.4. The Bertz CT molecular complexity index is 856. The number of ether oxygens (including phenoxy) is 1. The van der Waals surface area contributed by atoms with Crippen LogP contribution in [-0.2, 0) is 4.74 Å². The number of hydrogen-bond acceptors (Lipinski definition) is 6. The van der Waals surface area contributed by atoms with Crippen molar-refractivity contribution in [1.82, 2.24) is 20.8 Å². The fraction of sp³-hybridized carbons (Fsp3) is 0.773. The Morgan fingerprint density at radius 2 is 1.94 bits per heavy atom. The van der Waals surface area contributed by atoms with Crippen LogP contribution in [-0.4, -0.2) is 53.6 Å². The van der Waals surface area contributed by atoms with Crippen LogP contribution in [0.25, 0.3) is 0 Å². The molecule has 2 heterocycles. The van der Waals surface area contributed by atoms with Gasteiger partial charge >= 0.3 is 6.09 Å². The normalized spacial score (nSPS) is 34.8. The Labute approximate surface area is 187 Å². The number of H-pyrrole nitrogens is 1. The SMILES string of the molecule is O=C(NC1CCC(NC2CC3CCC2C3)CC1)O[C@@H]1CCN(c2cn[nH]c(=O)c2Cl)C1. The number of amides is 1. The van der Waals surface area contributed by atoms with Gasteiger partial charge in [-0.1, -0.05) is 18.0 Å². The van der Waals surface area contributed by atoms with Crippen LogP contribution in [0.5, 0.6) is 0 Å². The number of nitrogens with zero attached hydrogens (tertiary/aromatic N) is 2. The molecule has 31 heavy (non-hydrogen) atoms. The van der Waals surface area contributed by atoms with Crippen molar-refractivity contribution in [2.45, 2.75) is 82.0 Å². The minimum Gasteiger partial charge on any atom is -0.444 e. The summed E-state index contributed by atoms with van der Waals surface area (Å²) in [6.07, 6.45) is 11.6. The maximum absolute atomic E-state index is 12.4. The summed E-state index contributed by atoms with van der Waals surface area (Å²) >= 11 is 6.09. The van der Waals surface area contributed by atoms with Gasteiger partial charge in [0.2, 0.25) is 0 Å². The van der Waals surface area contributed by atoms with E-state index in [1.54, 1.807) is 0 Å². The molecule has 4 fully saturated rings. The number of nitrogens with one attached hydrogen (secondary N) is 3. The van der Waals surface area contributed by atoms with Gasteiger partial charge in [-0.15, -0.1) is 0 Å². The third-order valence-electron chi connectivity index (χ3n) is 7.77. The molecule has 0 spiro atoms. The van der Waals surface area contributed by atoms with Crippen LogP contribution in [0.15, 0.2) is 11.0 Å². The molecule has 3 aliphatic carbocycles. The van der Waals surface area contributed by atoms with E-state index in [1.165, 1.54) is 31.9 Å². The summed E-state index contributed by atoms with van der Waals surface area (Å²) < 4.78 is 5.65. The molecule has 9 heteroatoms. The molecule has 1 amide bonds. The molecule has 0 radical (unpaired) electrons. The van der Waals surface area contributed by atoms with Crippen LogP contribution >= 0.6 is 11.6 Å². The summed E-state index contributed by atoms with van der Waals surface area (Å²) in [7, 11) is 0. The predicted molar refractivity (Wildman–Crippen MR) is 119 cm³/mol. The highest BCUT2D eigenvalue weighted by Gasteiger charge is 2.40. The zero-order valence-electron chi connectivity index (χ0n) is 17.8. The molecule has 1 aliphatic heterocycles. The van der Waals surface area contributed by atoms with Gasteiger partial charge in [0.25, 0.3) is 5.56 Å². The van der Waals surface area contributed by atoms with E-state index in [0.717, 1.165) is 43.6 Å². The highest BCUT2D eigenvalue weighted by molar-refractivity contribution is 6.33. The molecule has 4 aliphatic rings. The first-order chi connectivity index (χ1) is 15.0. The van der Waals surface area contributed by atoms with Gasteiger partial charge in [0, 0.05) is 31.1 Å². The number of fused-ring (bicyclic) bond motifs is 2. The standard InChI is InChI=1S/C22H32ClN5O3/c23-20-19(11-24-27-21(20)29)28-8-7-17(12-28)31-22(30)26-16-5-3-15(4-6-16)25-18-10-13-1-2-14(18)9-13/h11,13-18,25H,1-10,12H2,(H,26,30)(H,27,29)/t13?,14?,15?,16?,17-,18?/m1/s1. The first-order valence-corrected chi connectivity index (χ1v) is 12.1. The minimum atomic E-state index is -0.410. The minimum absolute atomic E-state index is 0.121. The van der Waals surface area contributed by atoms with Gasteiger partial charge < -0.3 is 20.3 Å². The van der Waals surface area contributed by atoms with Crippen LogP contribution in [0.2, 0.25) is 5.02 Å². The van der Waals surface area contributed by atoms with Gasteiger partial charge in [-0.3, -0.25) is 4.79 Å². The number of hydrogen-bond donors (Lipinski definition) is 3. The Balaban J connectivity index is 1.03. The molecule has 2 bridgehead atoms. The number of aromatic amines is 1. The molecule has 3 N–H and O–H groups in total. The molecule has 1 saturated heterocycles. The van der Waals surface area contributed by atoms with Crippen molar-refractivity contribution in [1.29, 1.82) is 0 Å². The number of rotatable bonds is 5. The van der Waals surface area contributed by atoms with E-state index in [-0.39, 0.29) is 23.3 Å². The number of aromatic nitrogens is 2. The van der Waals surface area contributed by atoms with Crippen LogP contribution < -0.4 is 21.1 Å². The molecule has 5 rings (SSSR count). The van der Waals surface area contributed by atoms with Crippen molar-refractivity contribution in [3.63, 3.8) is 0 Å². The maximum Gasteiger partial charge on any atom is 0.407 e. The first-order valence-electron chi connectivity index (χ1n) is 11.8. The van der Waals surface area contributed by atoms with Gasteiger partial charge in [0.15, 0.2) is 0 Å². The van der Waals surface area contributed by atoms with Crippen LogP contribution in [0.4, 0.5) is 10.5 Å². The van der Waals surface area contributed by atoms with E-state index in [4.69, 9.17) is 16.3 Å². The number of anilines is 1. The lowest BCUT2D eigenvalue weighted by atomic mass is 9.88. The zero-order valence-corrected chi connectivity index (χ0v) is 18.6. The van der Waals surface area contributed by atoms with Gasteiger partial charge in [0.1, 0.15) is 11.1 Å². The van der Waals surface area contributed by atoms with Gasteiger partial charge in [-0.05, 0) is 56.8 Å². The quantitative estimate of drug-likeness (QED) is 0.639. The highest BCUT2D eigenvalue weighted by Crippen LogP contribution is 2.44. The monoisotopic (exact) mass is 449 g/mol. The average Bonchev–Trinajstić information content (AvgIpc) is 3.49. The second-order valence-electron chi connectivity index (χ2n) is 9.80. The second-order valence-corrected chi connectivity index (χ2v) is 10.2. The lowest BCUT2D eigenvalue weighted by Gasteiger charge is -2.34. The van der Waals surface area contributed by atoms with Crippen molar-refractivity contribution in [3.8, 4) is 0 Å². The molecular weight excluding hydrogens is 418 g/mol. The third kappa shape index (κ3) is 4.70. The average molecular weight is 450 g/mol. The van der Waals surface area contributed by atoms with Crippen molar-refractivity contribution < 1.29 is 9.53 Å². The first kappa shape index (κ1) is 21.1. The Morgan fingerprint density at radius 1 is 1.13 bits per heavy atom. The van der Waals surface area contributed by atoms with Gasteiger partial charge in [-0.25, -0.2) is 9.89 Å². The molecule has 4 atom stereocenters. The second kappa shape index (κ2) is 8.98. The maximum atomic E-state index is 12.4. The molecule has 1 aromatic rings. The van der Waals surface area contributed by atoms with Gasteiger partial charge in [0.05, 0.1) is 18.4 Å². The Kier molecular flexibility index (Phi) is 6.10. The lowest BCUT2D eigenvalue weighted by Crippen LogP contribution is -2.47. The molecule has 170 valence electrons.